The van der Waals surface area contributed by atoms with E-state index in [0.717, 1.165) is 25.9 Å². The van der Waals surface area contributed by atoms with Crippen LogP contribution in [0, 0.1) is 0 Å². The Morgan fingerprint density at radius 1 is 1.13 bits per heavy atom. The lowest BCUT2D eigenvalue weighted by molar-refractivity contribution is -0.124. The molecule has 2 rings (SSSR count). The average Bonchev–Trinajstić information content (AvgIpc) is 2.72. The minimum absolute atomic E-state index is 0.00909. The van der Waals surface area contributed by atoms with Crippen LogP contribution in [-0.4, -0.2) is 67.5 Å². The van der Waals surface area contributed by atoms with Gasteiger partial charge in [0.25, 0.3) is 0 Å². The third-order valence-electron chi connectivity index (χ3n) is 4.54. The maximum Gasteiger partial charge on any atom is 0.237 e. The standard InChI is InChI=1S/C16H31N3O3S/c1-12(15(20)18-16(2,3)4)17-13-10-23(21,22)11-14(13)19-8-6-5-7-9-19/h12-14,17H,5-11H2,1-4H3,(H,18,20). The molecule has 0 aromatic carbocycles. The number of amides is 1. The van der Waals surface area contributed by atoms with E-state index in [-0.39, 0.29) is 35.0 Å². The van der Waals surface area contributed by atoms with Crippen molar-refractivity contribution in [1.29, 1.82) is 0 Å². The molecule has 23 heavy (non-hydrogen) atoms. The van der Waals surface area contributed by atoms with E-state index in [0.29, 0.717) is 0 Å². The number of hydrogen-bond donors (Lipinski definition) is 2. The summed E-state index contributed by atoms with van der Waals surface area (Å²) < 4.78 is 24.2. The number of sulfone groups is 1. The van der Waals surface area contributed by atoms with Gasteiger partial charge in [-0.25, -0.2) is 8.42 Å². The third kappa shape index (κ3) is 5.43. The predicted octanol–water partition coefficient (Wildman–Crippen LogP) is 0.531. The number of nitrogens with one attached hydrogen (secondary N) is 2. The number of hydrogen-bond acceptors (Lipinski definition) is 5. The molecule has 0 aliphatic carbocycles. The van der Waals surface area contributed by atoms with Gasteiger partial charge in [-0.2, -0.15) is 0 Å². The minimum atomic E-state index is -3.04. The Morgan fingerprint density at radius 2 is 1.74 bits per heavy atom. The van der Waals surface area contributed by atoms with Crippen molar-refractivity contribution >= 4 is 15.7 Å². The zero-order chi connectivity index (χ0) is 17.3. The Balaban J connectivity index is 2.01. The molecule has 0 aromatic rings. The van der Waals surface area contributed by atoms with Gasteiger partial charge in [0.05, 0.1) is 17.5 Å². The highest BCUT2D eigenvalue weighted by atomic mass is 32.2. The van der Waals surface area contributed by atoms with Gasteiger partial charge in [-0.3, -0.25) is 9.69 Å². The Morgan fingerprint density at radius 3 is 2.30 bits per heavy atom. The minimum Gasteiger partial charge on any atom is -0.350 e. The summed E-state index contributed by atoms with van der Waals surface area (Å²) in [5.41, 5.74) is -0.291. The molecule has 7 heteroatoms. The van der Waals surface area contributed by atoms with Gasteiger partial charge in [0.1, 0.15) is 0 Å². The second kappa shape index (κ2) is 7.07. The fourth-order valence-electron chi connectivity index (χ4n) is 3.47. The number of rotatable bonds is 4. The summed E-state index contributed by atoms with van der Waals surface area (Å²) in [5, 5.41) is 6.21. The van der Waals surface area contributed by atoms with Crippen molar-refractivity contribution in [3.63, 3.8) is 0 Å². The van der Waals surface area contributed by atoms with Crippen molar-refractivity contribution in [2.24, 2.45) is 0 Å². The van der Waals surface area contributed by atoms with E-state index in [9.17, 15) is 13.2 Å². The highest BCUT2D eigenvalue weighted by Crippen LogP contribution is 2.22. The molecule has 2 saturated heterocycles. The van der Waals surface area contributed by atoms with Gasteiger partial charge in [-0.05, 0) is 53.6 Å². The number of carbonyl (C=O) groups excluding carboxylic acids is 1. The van der Waals surface area contributed by atoms with Crippen molar-refractivity contribution in [1.82, 2.24) is 15.5 Å². The quantitative estimate of drug-likeness (QED) is 0.777. The molecule has 0 aromatic heterocycles. The van der Waals surface area contributed by atoms with Crippen LogP contribution >= 0.6 is 0 Å². The van der Waals surface area contributed by atoms with E-state index in [4.69, 9.17) is 0 Å². The zero-order valence-electron chi connectivity index (χ0n) is 14.8. The molecule has 2 N–H and O–H groups in total. The maximum atomic E-state index is 12.3. The fraction of sp³-hybridized carbons (Fsp3) is 0.938. The van der Waals surface area contributed by atoms with Gasteiger partial charge in [0, 0.05) is 17.6 Å². The topological polar surface area (TPSA) is 78.5 Å². The first kappa shape index (κ1) is 18.7. The van der Waals surface area contributed by atoms with Crippen molar-refractivity contribution in [3.05, 3.63) is 0 Å². The van der Waals surface area contributed by atoms with Crippen molar-refractivity contribution in [2.45, 2.75) is 70.6 Å². The van der Waals surface area contributed by atoms with Crippen LogP contribution in [0.4, 0.5) is 0 Å². The Labute approximate surface area is 140 Å². The summed E-state index contributed by atoms with van der Waals surface area (Å²) in [7, 11) is -3.04. The molecule has 2 fully saturated rings. The molecule has 0 saturated carbocycles. The first-order valence-electron chi connectivity index (χ1n) is 8.60. The number of piperidine rings is 1. The summed E-state index contributed by atoms with van der Waals surface area (Å²) >= 11 is 0. The summed E-state index contributed by atoms with van der Waals surface area (Å²) in [6.45, 7) is 9.54. The maximum absolute atomic E-state index is 12.3. The fourth-order valence-corrected chi connectivity index (χ4v) is 5.44. The first-order valence-corrected chi connectivity index (χ1v) is 10.4. The second-order valence-electron chi connectivity index (χ2n) is 7.97. The van der Waals surface area contributed by atoms with Crippen LogP contribution in [0.2, 0.25) is 0 Å². The molecular weight excluding hydrogens is 314 g/mol. The highest BCUT2D eigenvalue weighted by Gasteiger charge is 2.42. The molecule has 2 aliphatic heterocycles. The van der Waals surface area contributed by atoms with Crippen LogP contribution in [0.3, 0.4) is 0 Å². The van der Waals surface area contributed by atoms with E-state index >= 15 is 0 Å². The van der Waals surface area contributed by atoms with Gasteiger partial charge in [0.15, 0.2) is 9.84 Å². The van der Waals surface area contributed by atoms with Crippen LogP contribution in [0.25, 0.3) is 0 Å². The second-order valence-corrected chi connectivity index (χ2v) is 10.1. The lowest BCUT2D eigenvalue weighted by Crippen LogP contribution is -2.57. The molecule has 0 radical (unpaired) electrons. The Bertz CT molecular complexity index is 521. The summed E-state index contributed by atoms with van der Waals surface area (Å²) in [5.74, 6) is 0.249. The monoisotopic (exact) mass is 345 g/mol. The number of nitrogens with zero attached hydrogens (tertiary/aromatic N) is 1. The molecule has 0 spiro atoms. The molecule has 2 aliphatic rings. The molecule has 2 heterocycles. The molecular formula is C16H31N3O3S. The van der Waals surface area contributed by atoms with Gasteiger partial charge in [0.2, 0.25) is 5.91 Å². The summed E-state index contributed by atoms with van der Waals surface area (Å²) in [4.78, 5) is 14.5. The highest BCUT2D eigenvalue weighted by molar-refractivity contribution is 7.91. The normalized spacial score (nSPS) is 30.1. The van der Waals surface area contributed by atoms with E-state index in [1.165, 1.54) is 6.42 Å². The third-order valence-corrected chi connectivity index (χ3v) is 6.25. The molecule has 3 unspecified atom stereocenters. The molecule has 0 bridgehead atoms. The van der Waals surface area contributed by atoms with E-state index < -0.39 is 15.9 Å². The lowest BCUT2D eigenvalue weighted by Gasteiger charge is -2.36. The molecule has 3 atom stereocenters. The predicted molar refractivity (Wildman–Crippen MR) is 92.1 cm³/mol. The van der Waals surface area contributed by atoms with E-state index in [1.54, 1.807) is 6.92 Å². The SMILES string of the molecule is CC(NC1CS(=O)(=O)CC1N1CCCCC1)C(=O)NC(C)(C)C. The van der Waals surface area contributed by atoms with Crippen LogP contribution < -0.4 is 10.6 Å². The van der Waals surface area contributed by atoms with Gasteiger partial charge in [-0.15, -0.1) is 0 Å². The summed E-state index contributed by atoms with van der Waals surface area (Å²) in [6.07, 6.45) is 3.48. The van der Waals surface area contributed by atoms with Crippen LogP contribution in [-0.2, 0) is 14.6 Å². The average molecular weight is 346 g/mol. The van der Waals surface area contributed by atoms with Gasteiger partial charge >= 0.3 is 0 Å². The van der Waals surface area contributed by atoms with Gasteiger partial charge in [-0.1, -0.05) is 6.42 Å². The smallest absolute Gasteiger partial charge is 0.237 e. The van der Waals surface area contributed by atoms with Crippen molar-refractivity contribution in [2.75, 3.05) is 24.6 Å². The summed E-state index contributed by atoms with van der Waals surface area (Å²) in [6, 6.07) is -0.580. The van der Waals surface area contributed by atoms with Gasteiger partial charge < -0.3 is 10.6 Å². The van der Waals surface area contributed by atoms with Crippen molar-refractivity contribution in [3.8, 4) is 0 Å². The first-order chi connectivity index (χ1) is 10.6. The molecule has 6 nitrogen and oxygen atoms in total. The lowest BCUT2D eigenvalue weighted by atomic mass is 10.0. The number of likely N-dealkylation sites (tertiary alicyclic amines) is 1. The van der Waals surface area contributed by atoms with Crippen LogP contribution in [0.5, 0.6) is 0 Å². The van der Waals surface area contributed by atoms with E-state index in [2.05, 4.69) is 15.5 Å². The van der Waals surface area contributed by atoms with Crippen LogP contribution in [0.15, 0.2) is 0 Å². The van der Waals surface area contributed by atoms with Crippen LogP contribution in [0.1, 0.15) is 47.0 Å². The number of carbonyl (C=O) groups is 1. The van der Waals surface area contributed by atoms with E-state index in [1.807, 2.05) is 20.8 Å². The Kier molecular flexibility index (Phi) is 5.74. The largest absolute Gasteiger partial charge is 0.350 e. The molecule has 1 amide bonds. The Hall–Kier alpha value is -0.660. The molecule has 134 valence electrons. The van der Waals surface area contributed by atoms with Crippen molar-refractivity contribution < 1.29 is 13.2 Å². The zero-order valence-corrected chi connectivity index (χ0v) is 15.6.